The van der Waals surface area contributed by atoms with E-state index in [1.165, 1.54) is 19.2 Å². The molecule has 0 aromatic heterocycles. The lowest BCUT2D eigenvalue weighted by Crippen LogP contribution is -2.37. The average molecular weight is 266 g/mol. The van der Waals surface area contributed by atoms with Gasteiger partial charge < -0.3 is 15.0 Å². The van der Waals surface area contributed by atoms with Crippen molar-refractivity contribution >= 4 is 18.1 Å². The van der Waals surface area contributed by atoms with Crippen LogP contribution in [0, 0.1) is 5.82 Å². The maximum absolute atomic E-state index is 13.8. The summed E-state index contributed by atoms with van der Waals surface area (Å²) in [7, 11) is 1.30. The van der Waals surface area contributed by atoms with Crippen molar-refractivity contribution in [1.29, 1.82) is 0 Å². The number of alkyl carbamates (subject to hydrolysis) is 1. The number of anilines is 1. The number of hydrogen-bond acceptors (Lipinski definition) is 4. The van der Waals surface area contributed by atoms with Crippen LogP contribution in [0.15, 0.2) is 18.2 Å². The van der Waals surface area contributed by atoms with Crippen molar-refractivity contribution in [3.8, 4) is 0 Å². The van der Waals surface area contributed by atoms with E-state index in [1.807, 2.05) is 0 Å². The van der Waals surface area contributed by atoms with Gasteiger partial charge in [0, 0.05) is 18.7 Å². The van der Waals surface area contributed by atoms with Gasteiger partial charge >= 0.3 is 6.09 Å². The van der Waals surface area contributed by atoms with E-state index in [2.05, 4.69) is 10.1 Å². The summed E-state index contributed by atoms with van der Waals surface area (Å²) in [5.74, 6) is -0.427. The van der Waals surface area contributed by atoms with Crippen molar-refractivity contribution in [2.75, 3.05) is 25.1 Å². The van der Waals surface area contributed by atoms with E-state index in [0.29, 0.717) is 37.0 Å². The van der Waals surface area contributed by atoms with Crippen molar-refractivity contribution < 1.29 is 18.7 Å². The quantitative estimate of drug-likeness (QED) is 0.844. The molecule has 0 aliphatic carbocycles. The van der Waals surface area contributed by atoms with Crippen LogP contribution in [0.5, 0.6) is 0 Å². The van der Waals surface area contributed by atoms with Crippen LogP contribution in [0.2, 0.25) is 0 Å². The maximum Gasteiger partial charge on any atom is 0.407 e. The smallest absolute Gasteiger partial charge is 0.407 e. The van der Waals surface area contributed by atoms with E-state index in [4.69, 9.17) is 0 Å². The summed E-state index contributed by atoms with van der Waals surface area (Å²) < 4.78 is 18.4. The summed E-state index contributed by atoms with van der Waals surface area (Å²) in [6, 6.07) is 4.30. The number of carbonyl (C=O) groups excluding carboxylic acids is 2. The second kappa shape index (κ2) is 5.69. The first-order valence-electron chi connectivity index (χ1n) is 5.99. The first-order valence-corrected chi connectivity index (χ1v) is 5.99. The Labute approximate surface area is 110 Å². The number of halogens is 1. The molecule has 1 heterocycles. The molecule has 1 N–H and O–H groups in total. The molecule has 1 aromatic carbocycles. The molecule has 0 radical (unpaired) electrons. The third-order valence-corrected chi connectivity index (χ3v) is 3.16. The molecule has 1 fully saturated rings. The summed E-state index contributed by atoms with van der Waals surface area (Å²) in [5, 5.41) is 2.67. The molecule has 1 unspecified atom stereocenters. The maximum atomic E-state index is 13.8. The predicted molar refractivity (Wildman–Crippen MR) is 67.9 cm³/mol. The molecular formula is C13H15FN2O3. The topological polar surface area (TPSA) is 58.6 Å². The second-order valence-electron chi connectivity index (χ2n) is 4.36. The number of benzene rings is 1. The number of nitrogens with zero attached hydrogens (tertiary/aromatic N) is 1. The van der Waals surface area contributed by atoms with Crippen LogP contribution < -0.4 is 10.2 Å². The van der Waals surface area contributed by atoms with Crippen LogP contribution in [0.3, 0.4) is 0 Å². The summed E-state index contributed by atoms with van der Waals surface area (Å²) in [6.45, 7) is 1.04. The fraction of sp³-hybridized carbons (Fsp3) is 0.385. The summed E-state index contributed by atoms with van der Waals surface area (Å²) >= 11 is 0. The Bertz CT molecular complexity index is 493. The van der Waals surface area contributed by atoms with Crippen LogP contribution in [0.1, 0.15) is 16.8 Å². The molecular weight excluding hydrogens is 251 g/mol. The lowest BCUT2D eigenvalue weighted by Gasteiger charge is -2.21. The Morgan fingerprint density at radius 2 is 2.37 bits per heavy atom. The van der Waals surface area contributed by atoms with E-state index < -0.39 is 11.9 Å². The highest BCUT2D eigenvalue weighted by Crippen LogP contribution is 2.26. The SMILES string of the molecule is COC(=O)NC1CCN(c2c(F)cccc2C=O)C1. The fourth-order valence-corrected chi connectivity index (χ4v) is 2.27. The molecule has 1 amide bonds. The van der Waals surface area contributed by atoms with Gasteiger partial charge in [-0.3, -0.25) is 4.79 Å². The number of hydrogen-bond donors (Lipinski definition) is 1. The van der Waals surface area contributed by atoms with E-state index in [-0.39, 0.29) is 6.04 Å². The van der Waals surface area contributed by atoms with Crippen molar-refractivity contribution in [2.24, 2.45) is 0 Å². The molecule has 19 heavy (non-hydrogen) atoms. The molecule has 1 aliphatic heterocycles. The Morgan fingerprint density at radius 1 is 1.58 bits per heavy atom. The number of ether oxygens (including phenoxy) is 1. The number of rotatable bonds is 3. The number of methoxy groups -OCH3 is 1. The van der Waals surface area contributed by atoms with Gasteiger partial charge in [0.1, 0.15) is 5.82 Å². The number of para-hydroxylation sites is 1. The van der Waals surface area contributed by atoms with E-state index >= 15 is 0 Å². The van der Waals surface area contributed by atoms with Gasteiger partial charge in [0.2, 0.25) is 0 Å². The zero-order valence-electron chi connectivity index (χ0n) is 10.6. The van der Waals surface area contributed by atoms with Crippen molar-refractivity contribution in [3.05, 3.63) is 29.6 Å². The van der Waals surface area contributed by atoms with Crippen molar-refractivity contribution in [1.82, 2.24) is 5.32 Å². The van der Waals surface area contributed by atoms with Crippen molar-refractivity contribution in [2.45, 2.75) is 12.5 Å². The molecule has 6 heteroatoms. The van der Waals surface area contributed by atoms with Crippen LogP contribution in [0.4, 0.5) is 14.9 Å². The zero-order valence-corrected chi connectivity index (χ0v) is 10.6. The van der Waals surface area contributed by atoms with Gasteiger partial charge in [-0.2, -0.15) is 0 Å². The normalized spacial score (nSPS) is 18.2. The zero-order chi connectivity index (χ0) is 13.8. The van der Waals surface area contributed by atoms with Gasteiger partial charge in [0.25, 0.3) is 0 Å². The summed E-state index contributed by atoms with van der Waals surface area (Å²) in [5.41, 5.74) is 0.616. The Kier molecular flexibility index (Phi) is 3.99. The van der Waals surface area contributed by atoms with E-state index in [9.17, 15) is 14.0 Å². The van der Waals surface area contributed by atoms with E-state index in [0.717, 1.165) is 0 Å². The standard InChI is InChI=1S/C13H15FN2O3/c1-19-13(18)15-10-5-6-16(7-10)12-9(8-17)3-2-4-11(12)14/h2-4,8,10H,5-7H2,1H3,(H,15,18). The largest absolute Gasteiger partial charge is 0.453 e. The monoisotopic (exact) mass is 266 g/mol. The Morgan fingerprint density at radius 3 is 3.05 bits per heavy atom. The molecule has 102 valence electrons. The van der Waals surface area contributed by atoms with Gasteiger partial charge in [0.15, 0.2) is 6.29 Å². The molecule has 1 saturated heterocycles. The van der Waals surface area contributed by atoms with Gasteiger partial charge in [0.05, 0.1) is 18.8 Å². The molecule has 0 saturated carbocycles. The average Bonchev–Trinajstić information content (AvgIpc) is 2.86. The highest BCUT2D eigenvalue weighted by Gasteiger charge is 2.27. The molecule has 1 aromatic rings. The van der Waals surface area contributed by atoms with Crippen molar-refractivity contribution in [3.63, 3.8) is 0 Å². The number of nitrogens with one attached hydrogen (secondary N) is 1. The third kappa shape index (κ3) is 2.83. The number of carbonyl (C=O) groups is 2. The van der Waals surface area contributed by atoms with Gasteiger partial charge in [-0.1, -0.05) is 6.07 Å². The highest BCUT2D eigenvalue weighted by atomic mass is 19.1. The minimum absolute atomic E-state index is 0.105. The molecule has 2 rings (SSSR count). The molecule has 1 aliphatic rings. The summed E-state index contributed by atoms with van der Waals surface area (Å²) in [4.78, 5) is 23.8. The third-order valence-electron chi connectivity index (χ3n) is 3.16. The number of aldehydes is 1. The predicted octanol–water partition coefficient (Wildman–Crippen LogP) is 1.57. The van der Waals surface area contributed by atoms with Gasteiger partial charge in [-0.25, -0.2) is 9.18 Å². The van der Waals surface area contributed by atoms with Gasteiger partial charge in [-0.05, 0) is 18.6 Å². The first kappa shape index (κ1) is 13.3. The first-order chi connectivity index (χ1) is 9.15. The van der Waals surface area contributed by atoms with Crippen LogP contribution in [-0.2, 0) is 4.74 Å². The highest BCUT2D eigenvalue weighted by molar-refractivity contribution is 5.85. The molecule has 5 nitrogen and oxygen atoms in total. The van der Waals surface area contributed by atoms with Gasteiger partial charge in [-0.15, -0.1) is 0 Å². The lowest BCUT2D eigenvalue weighted by molar-refractivity contribution is 0.112. The van der Waals surface area contributed by atoms with Crippen LogP contribution in [0.25, 0.3) is 0 Å². The van der Waals surface area contributed by atoms with E-state index in [1.54, 1.807) is 11.0 Å². The molecule has 0 spiro atoms. The second-order valence-corrected chi connectivity index (χ2v) is 4.36. The minimum atomic E-state index is -0.504. The fourth-order valence-electron chi connectivity index (χ4n) is 2.27. The molecule has 0 bridgehead atoms. The minimum Gasteiger partial charge on any atom is -0.453 e. The Hall–Kier alpha value is -2.11. The molecule has 1 atom stereocenters. The van der Waals surface area contributed by atoms with Crippen LogP contribution in [-0.4, -0.2) is 38.6 Å². The number of amides is 1. The Balaban J connectivity index is 2.13. The lowest BCUT2D eigenvalue weighted by atomic mass is 10.1. The summed E-state index contributed by atoms with van der Waals surface area (Å²) in [6.07, 6.45) is 0.817. The van der Waals surface area contributed by atoms with Crippen LogP contribution >= 0.6 is 0 Å².